The third-order valence-corrected chi connectivity index (χ3v) is 7.04. The molecule has 2 aromatic heterocycles. The van der Waals surface area contributed by atoms with Gasteiger partial charge in [0.25, 0.3) is 0 Å². The van der Waals surface area contributed by atoms with Crippen LogP contribution in [0.2, 0.25) is 5.02 Å². The average molecular weight is 495 g/mol. The van der Waals surface area contributed by atoms with Crippen LogP contribution in [0.5, 0.6) is 0 Å². The number of Topliss-reactive ketones (excluding diaryl/α,β-unsaturated/α-hetero) is 1. The second-order valence-electron chi connectivity index (χ2n) is 8.00. The van der Waals surface area contributed by atoms with E-state index in [1.165, 1.54) is 11.8 Å². The van der Waals surface area contributed by atoms with Crippen LogP contribution in [-0.2, 0) is 17.8 Å². The van der Waals surface area contributed by atoms with E-state index in [0.717, 1.165) is 34.6 Å². The number of halogens is 1. The molecule has 0 fully saturated rings. The van der Waals surface area contributed by atoms with E-state index in [1.54, 1.807) is 7.11 Å². The lowest BCUT2D eigenvalue weighted by Gasteiger charge is -2.11. The van der Waals surface area contributed by atoms with Crippen molar-refractivity contribution in [3.8, 4) is 11.4 Å². The molecule has 4 rings (SSSR count). The molecule has 0 bridgehead atoms. The summed E-state index contributed by atoms with van der Waals surface area (Å²) < 4.78 is 9.35. The topological polar surface area (TPSA) is 61.9 Å². The molecule has 176 valence electrons. The van der Waals surface area contributed by atoms with Gasteiger partial charge < -0.3 is 9.30 Å². The number of ether oxygens (including phenoxy) is 1. The second-order valence-corrected chi connectivity index (χ2v) is 9.35. The number of ketones is 1. The molecule has 0 aliphatic rings. The summed E-state index contributed by atoms with van der Waals surface area (Å²) in [6.07, 6.45) is 0. The summed E-state index contributed by atoms with van der Waals surface area (Å²) in [4.78, 5) is 13.1. The van der Waals surface area contributed by atoms with Crippen LogP contribution in [0.25, 0.3) is 11.4 Å². The van der Waals surface area contributed by atoms with Crippen LogP contribution in [0, 0.1) is 13.8 Å². The first-order valence-corrected chi connectivity index (χ1v) is 12.4. The number of hydrogen-bond donors (Lipinski definition) is 0. The molecule has 2 aromatic carbocycles. The van der Waals surface area contributed by atoms with Gasteiger partial charge in [0.1, 0.15) is 0 Å². The monoisotopic (exact) mass is 494 g/mol. The third kappa shape index (κ3) is 5.27. The molecule has 0 saturated carbocycles. The summed E-state index contributed by atoms with van der Waals surface area (Å²) >= 11 is 7.86. The number of carbonyl (C=O) groups excluding carboxylic acids is 1. The number of rotatable bonds is 10. The normalized spacial score (nSPS) is 11.2. The van der Waals surface area contributed by atoms with Gasteiger partial charge in [0, 0.05) is 36.2 Å². The Hall–Kier alpha value is -2.87. The van der Waals surface area contributed by atoms with Crippen LogP contribution in [-0.4, -0.2) is 44.6 Å². The highest BCUT2D eigenvalue weighted by atomic mass is 35.5. The molecule has 0 spiro atoms. The highest BCUT2D eigenvalue weighted by Gasteiger charge is 2.20. The lowest BCUT2D eigenvalue weighted by molar-refractivity contribution is 0.102. The summed E-state index contributed by atoms with van der Waals surface area (Å²) in [7, 11) is 1.68. The molecule has 0 aliphatic heterocycles. The molecule has 4 aromatic rings. The zero-order chi connectivity index (χ0) is 24.1. The first kappa shape index (κ1) is 24.3. The Labute approximate surface area is 208 Å². The third-order valence-electron chi connectivity index (χ3n) is 5.74. The van der Waals surface area contributed by atoms with Crippen molar-refractivity contribution < 1.29 is 9.53 Å². The molecule has 0 saturated heterocycles. The zero-order valence-electron chi connectivity index (χ0n) is 19.5. The first-order valence-electron chi connectivity index (χ1n) is 11.0. The highest BCUT2D eigenvalue weighted by Crippen LogP contribution is 2.30. The quantitative estimate of drug-likeness (QED) is 0.209. The van der Waals surface area contributed by atoms with Crippen LogP contribution in [0.4, 0.5) is 0 Å². The maximum absolute atomic E-state index is 13.1. The maximum Gasteiger partial charge on any atom is 0.192 e. The van der Waals surface area contributed by atoms with Crippen molar-refractivity contribution in [1.29, 1.82) is 0 Å². The predicted molar refractivity (Wildman–Crippen MR) is 137 cm³/mol. The van der Waals surface area contributed by atoms with Gasteiger partial charge in [-0.2, -0.15) is 0 Å². The molecule has 2 heterocycles. The van der Waals surface area contributed by atoms with E-state index >= 15 is 0 Å². The SMILES string of the molecule is COCCn1c(C)cc(C(=O)CSc2nnc(-c3ccccc3Cl)n2Cc2ccccc2)c1C. The molecule has 0 radical (unpaired) electrons. The number of hydrogen-bond acceptors (Lipinski definition) is 5. The van der Waals surface area contributed by atoms with Crippen molar-refractivity contribution in [3.63, 3.8) is 0 Å². The van der Waals surface area contributed by atoms with Crippen LogP contribution >= 0.6 is 23.4 Å². The Morgan fingerprint density at radius 2 is 1.76 bits per heavy atom. The zero-order valence-corrected chi connectivity index (χ0v) is 21.1. The Kier molecular flexibility index (Phi) is 7.88. The standard InChI is InChI=1S/C26H27ClN4O2S/c1-18-15-22(19(2)30(18)13-14-33-3)24(32)17-34-26-29-28-25(21-11-7-8-12-23(21)27)31(26)16-20-9-5-4-6-10-20/h4-12,15H,13-14,16-17H2,1-3H3. The molecular formula is C26H27ClN4O2S. The summed E-state index contributed by atoms with van der Waals surface area (Å²) in [5.41, 5.74) is 4.68. The number of nitrogens with zero attached hydrogens (tertiary/aromatic N) is 4. The van der Waals surface area contributed by atoms with E-state index in [0.29, 0.717) is 29.2 Å². The summed E-state index contributed by atoms with van der Waals surface area (Å²) in [5, 5.41) is 10.2. The predicted octanol–water partition coefficient (Wildman–Crippen LogP) is 5.69. The number of benzene rings is 2. The molecule has 0 unspecified atom stereocenters. The van der Waals surface area contributed by atoms with Gasteiger partial charge in [0.2, 0.25) is 0 Å². The number of thioether (sulfide) groups is 1. The fourth-order valence-corrected chi connectivity index (χ4v) is 5.01. The van der Waals surface area contributed by atoms with Gasteiger partial charge >= 0.3 is 0 Å². The van der Waals surface area contributed by atoms with Gasteiger partial charge in [-0.05, 0) is 37.6 Å². The molecule has 0 N–H and O–H groups in total. The van der Waals surface area contributed by atoms with Crippen LogP contribution < -0.4 is 0 Å². The smallest absolute Gasteiger partial charge is 0.192 e. The molecule has 0 atom stereocenters. The highest BCUT2D eigenvalue weighted by molar-refractivity contribution is 7.99. The number of aromatic nitrogens is 4. The average Bonchev–Trinajstić information content (AvgIpc) is 3.36. The van der Waals surface area contributed by atoms with E-state index in [4.69, 9.17) is 16.3 Å². The number of methoxy groups -OCH3 is 1. The van der Waals surface area contributed by atoms with Crippen molar-refractivity contribution >= 4 is 29.1 Å². The van der Waals surface area contributed by atoms with Gasteiger partial charge in [-0.25, -0.2) is 0 Å². The number of aryl methyl sites for hydroxylation is 1. The summed E-state index contributed by atoms with van der Waals surface area (Å²) in [5.74, 6) is 1.02. The van der Waals surface area contributed by atoms with E-state index in [-0.39, 0.29) is 11.5 Å². The Balaban J connectivity index is 1.60. The van der Waals surface area contributed by atoms with Crippen molar-refractivity contribution in [3.05, 3.63) is 88.2 Å². The lowest BCUT2D eigenvalue weighted by atomic mass is 10.2. The van der Waals surface area contributed by atoms with Crippen molar-refractivity contribution in [2.45, 2.75) is 32.1 Å². The van der Waals surface area contributed by atoms with E-state index in [2.05, 4.69) is 26.9 Å². The maximum atomic E-state index is 13.1. The van der Waals surface area contributed by atoms with E-state index in [1.807, 2.05) is 66.9 Å². The second kappa shape index (κ2) is 11.0. The minimum Gasteiger partial charge on any atom is -0.383 e. The molecule has 0 amide bonds. The minimum atomic E-state index is 0.0651. The van der Waals surface area contributed by atoms with Gasteiger partial charge in [-0.1, -0.05) is 65.8 Å². The summed E-state index contributed by atoms with van der Waals surface area (Å²) in [6, 6.07) is 19.7. The number of carbonyl (C=O) groups is 1. The molecule has 8 heteroatoms. The largest absolute Gasteiger partial charge is 0.383 e. The van der Waals surface area contributed by atoms with Gasteiger partial charge in [-0.3, -0.25) is 9.36 Å². The summed E-state index contributed by atoms with van der Waals surface area (Å²) in [6.45, 7) is 5.90. The fourth-order valence-electron chi connectivity index (χ4n) is 3.96. The first-order chi connectivity index (χ1) is 16.5. The van der Waals surface area contributed by atoms with Crippen molar-refractivity contribution in [1.82, 2.24) is 19.3 Å². The Morgan fingerprint density at radius 3 is 2.50 bits per heavy atom. The fraction of sp³-hybridized carbons (Fsp3) is 0.269. The van der Waals surface area contributed by atoms with Crippen LogP contribution in [0.1, 0.15) is 27.3 Å². The lowest BCUT2D eigenvalue weighted by Crippen LogP contribution is -2.10. The van der Waals surface area contributed by atoms with E-state index in [9.17, 15) is 4.79 Å². The van der Waals surface area contributed by atoms with Crippen LogP contribution in [0.15, 0.2) is 65.8 Å². The van der Waals surface area contributed by atoms with Gasteiger partial charge in [0.05, 0.1) is 23.9 Å². The minimum absolute atomic E-state index is 0.0651. The Morgan fingerprint density at radius 1 is 1.03 bits per heavy atom. The van der Waals surface area contributed by atoms with Gasteiger partial charge in [-0.15, -0.1) is 10.2 Å². The molecule has 0 aliphatic carbocycles. The molecule has 34 heavy (non-hydrogen) atoms. The van der Waals surface area contributed by atoms with E-state index < -0.39 is 0 Å². The van der Waals surface area contributed by atoms with Crippen LogP contribution in [0.3, 0.4) is 0 Å². The van der Waals surface area contributed by atoms with Crippen molar-refractivity contribution in [2.75, 3.05) is 19.5 Å². The van der Waals surface area contributed by atoms with Gasteiger partial charge in [0.15, 0.2) is 16.8 Å². The van der Waals surface area contributed by atoms with Crippen molar-refractivity contribution in [2.24, 2.45) is 0 Å². The Bertz CT molecular complexity index is 1280. The molecule has 6 nitrogen and oxygen atoms in total. The molecular weight excluding hydrogens is 468 g/mol.